The van der Waals surface area contributed by atoms with E-state index >= 15 is 0 Å². The van der Waals surface area contributed by atoms with Gasteiger partial charge in [0.25, 0.3) is 0 Å². The second kappa shape index (κ2) is 71.1. The van der Waals surface area contributed by atoms with Crippen molar-refractivity contribution in [2.75, 3.05) is 13.2 Å². The van der Waals surface area contributed by atoms with Crippen molar-refractivity contribution in [3.05, 3.63) is 12.2 Å². The summed E-state index contributed by atoms with van der Waals surface area (Å²) < 4.78 is 5.51. The van der Waals surface area contributed by atoms with Crippen LogP contribution in [0.3, 0.4) is 0 Å². The summed E-state index contributed by atoms with van der Waals surface area (Å²) in [5.41, 5.74) is 0. The van der Waals surface area contributed by atoms with Crippen molar-refractivity contribution >= 4 is 11.9 Å². The second-order valence-corrected chi connectivity index (χ2v) is 26.0. The van der Waals surface area contributed by atoms with E-state index in [4.69, 9.17) is 4.74 Å². The molecule has 0 aromatic rings. The lowest BCUT2D eigenvalue weighted by Crippen LogP contribution is -2.45. The van der Waals surface area contributed by atoms with Crippen molar-refractivity contribution in [1.82, 2.24) is 5.32 Å². The minimum atomic E-state index is -0.663. The minimum absolute atomic E-state index is 0.0221. The van der Waals surface area contributed by atoms with Gasteiger partial charge in [-0.25, -0.2) is 0 Å². The number of carbonyl (C=O) groups is 2. The summed E-state index contributed by atoms with van der Waals surface area (Å²) in [5, 5.41) is 23.4. The fourth-order valence-corrected chi connectivity index (χ4v) is 12.1. The Labute approximate surface area is 508 Å². The first-order chi connectivity index (χ1) is 40.0. The van der Waals surface area contributed by atoms with Gasteiger partial charge in [-0.3, -0.25) is 9.59 Å². The molecule has 0 radical (unpaired) electrons. The third-order valence-corrected chi connectivity index (χ3v) is 17.8. The fourth-order valence-electron chi connectivity index (χ4n) is 12.1. The van der Waals surface area contributed by atoms with Crippen molar-refractivity contribution in [3.63, 3.8) is 0 Å². The number of amides is 1. The molecule has 0 aliphatic carbocycles. The van der Waals surface area contributed by atoms with Gasteiger partial charge in [0.1, 0.15) is 0 Å². The van der Waals surface area contributed by atoms with Gasteiger partial charge in [0.05, 0.1) is 25.4 Å². The van der Waals surface area contributed by atoms with Crippen LogP contribution in [0, 0.1) is 0 Å². The standard InChI is InChI=1S/C75H147NO5/c1-3-5-7-9-11-13-15-17-19-21-37-41-45-49-53-57-61-65-69-75(80)81-70-66-62-58-54-50-46-42-38-34-32-30-28-26-24-22-23-25-27-29-31-33-36-40-44-48-52-56-60-64-68-74(79)76-72(71-77)73(78)67-63-59-55-51-47-43-39-35-20-18-16-14-12-10-8-6-4-2/h22,24,72-73,77-78H,3-21,23,25-71H2,1-2H3,(H,76,79)/b24-22-. The highest BCUT2D eigenvalue weighted by Crippen LogP contribution is 2.20. The number of allylic oxidation sites excluding steroid dienone is 2. The lowest BCUT2D eigenvalue weighted by Gasteiger charge is -2.22. The van der Waals surface area contributed by atoms with E-state index in [1.54, 1.807) is 0 Å². The predicted molar refractivity (Wildman–Crippen MR) is 357 cm³/mol. The minimum Gasteiger partial charge on any atom is -0.466 e. The van der Waals surface area contributed by atoms with Gasteiger partial charge in [-0.15, -0.1) is 0 Å². The average Bonchev–Trinajstić information content (AvgIpc) is 3.47. The first-order valence-corrected chi connectivity index (χ1v) is 37.4. The fraction of sp³-hybridized carbons (Fsp3) is 0.947. The van der Waals surface area contributed by atoms with Gasteiger partial charge in [0.15, 0.2) is 0 Å². The molecule has 0 aromatic carbocycles. The molecule has 3 N–H and O–H groups in total. The molecule has 0 heterocycles. The zero-order valence-electron chi connectivity index (χ0n) is 55.3. The molecule has 81 heavy (non-hydrogen) atoms. The number of aliphatic hydroxyl groups is 2. The molecule has 0 fully saturated rings. The van der Waals surface area contributed by atoms with E-state index in [1.165, 1.54) is 360 Å². The number of hydrogen-bond donors (Lipinski definition) is 3. The van der Waals surface area contributed by atoms with Crippen LogP contribution in [0.5, 0.6) is 0 Å². The van der Waals surface area contributed by atoms with Crippen molar-refractivity contribution in [1.29, 1.82) is 0 Å². The van der Waals surface area contributed by atoms with Crippen LogP contribution in [-0.2, 0) is 14.3 Å². The smallest absolute Gasteiger partial charge is 0.305 e. The Hall–Kier alpha value is -1.40. The molecule has 1 amide bonds. The Morgan fingerprint density at radius 2 is 0.580 bits per heavy atom. The number of nitrogens with one attached hydrogen (secondary N) is 1. The molecule has 0 saturated carbocycles. The quantitative estimate of drug-likeness (QED) is 0.0320. The molecule has 6 nitrogen and oxygen atoms in total. The topological polar surface area (TPSA) is 95.9 Å². The van der Waals surface area contributed by atoms with Gasteiger partial charge in [0.2, 0.25) is 5.91 Å². The third kappa shape index (κ3) is 67.6. The molecule has 0 aliphatic rings. The Kier molecular flexibility index (Phi) is 69.9. The van der Waals surface area contributed by atoms with E-state index in [2.05, 4.69) is 31.3 Å². The van der Waals surface area contributed by atoms with Crippen LogP contribution in [0.4, 0.5) is 0 Å². The molecular formula is C75H147NO5. The van der Waals surface area contributed by atoms with Gasteiger partial charge in [-0.05, 0) is 51.4 Å². The molecule has 2 atom stereocenters. The molecule has 6 heteroatoms. The van der Waals surface area contributed by atoms with Crippen LogP contribution >= 0.6 is 0 Å². The Morgan fingerprint density at radius 3 is 0.877 bits per heavy atom. The Morgan fingerprint density at radius 1 is 0.333 bits per heavy atom. The number of esters is 1. The maximum Gasteiger partial charge on any atom is 0.305 e. The van der Waals surface area contributed by atoms with Crippen molar-refractivity contribution in [3.8, 4) is 0 Å². The maximum absolute atomic E-state index is 12.5. The zero-order chi connectivity index (χ0) is 58.5. The number of hydrogen-bond acceptors (Lipinski definition) is 5. The molecule has 482 valence electrons. The van der Waals surface area contributed by atoms with Crippen molar-refractivity contribution < 1.29 is 24.5 Å². The van der Waals surface area contributed by atoms with Crippen LogP contribution < -0.4 is 5.32 Å². The number of aliphatic hydroxyl groups excluding tert-OH is 2. The predicted octanol–water partition coefficient (Wildman–Crippen LogP) is 24.3. The Balaban J connectivity index is 3.34. The summed E-state index contributed by atoms with van der Waals surface area (Å²) in [7, 11) is 0. The largest absolute Gasteiger partial charge is 0.466 e. The van der Waals surface area contributed by atoms with Crippen LogP contribution in [0.25, 0.3) is 0 Å². The van der Waals surface area contributed by atoms with Crippen molar-refractivity contribution in [2.24, 2.45) is 0 Å². The van der Waals surface area contributed by atoms with E-state index in [1.807, 2.05) is 0 Å². The van der Waals surface area contributed by atoms with Gasteiger partial charge in [-0.2, -0.15) is 0 Å². The van der Waals surface area contributed by atoms with Gasteiger partial charge >= 0.3 is 5.97 Å². The van der Waals surface area contributed by atoms with Gasteiger partial charge in [0, 0.05) is 12.8 Å². The highest BCUT2D eigenvalue weighted by atomic mass is 16.5. The monoisotopic (exact) mass is 1140 g/mol. The summed E-state index contributed by atoms with van der Waals surface area (Å²) in [4.78, 5) is 24.6. The summed E-state index contributed by atoms with van der Waals surface area (Å²) >= 11 is 0. The molecule has 0 bridgehead atoms. The van der Waals surface area contributed by atoms with E-state index in [0.717, 1.165) is 38.5 Å². The zero-order valence-corrected chi connectivity index (χ0v) is 55.3. The first-order valence-electron chi connectivity index (χ1n) is 37.4. The third-order valence-electron chi connectivity index (χ3n) is 17.8. The molecule has 0 spiro atoms. The van der Waals surface area contributed by atoms with Crippen LogP contribution in [0.2, 0.25) is 0 Å². The lowest BCUT2D eigenvalue weighted by atomic mass is 10.0. The molecule has 2 unspecified atom stereocenters. The summed E-state index contributed by atoms with van der Waals surface area (Å²) in [6.45, 7) is 5.01. The van der Waals surface area contributed by atoms with Crippen LogP contribution in [0.15, 0.2) is 12.2 Å². The molecule has 0 aromatic heterocycles. The second-order valence-electron chi connectivity index (χ2n) is 26.0. The van der Waals surface area contributed by atoms with Crippen molar-refractivity contribution in [2.45, 2.75) is 443 Å². The van der Waals surface area contributed by atoms with E-state index in [-0.39, 0.29) is 18.5 Å². The number of rotatable bonds is 71. The highest BCUT2D eigenvalue weighted by molar-refractivity contribution is 5.76. The number of carbonyl (C=O) groups excluding carboxylic acids is 2. The van der Waals surface area contributed by atoms with Crippen LogP contribution in [0.1, 0.15) is 431 Å². The Bertz CT molecular complexity index is 1220. The van der Waals surface area contributed by atoms with E-state index < -0.39 is 12.1 Å². The van der Waals surface area contributed by atoms with Crippen LogP contribution in [-0.4, -0.2) is 47.4 Å². The van der Waals surface area contributed by atoms with Gasteiger partial charge in [-0.1, -0.05) is 379 Å². The normalized spacial score (nSPS) is 12.5. The average molecular weight is 1140 g/mol. The summed E-state index contributed by atoms with van der Waals surface area (Å²) in [6.07, 6.45) is 88.5. The molecular weight excluding hydrogens is 995 g/mol. The number of ether oxygens (including phenoxy) is 1. The maximum atomic E-state index is 12.5. The molecule has 0 aliphatic heterocycles. The van der Waals surface area contributed by atoms with Gasteiger partial charge < -0.3 is 20.3 Å². The van der Waals surface area contributed by atoms with E-state index in [0.29, 0.717) is 25.9 Å². The molecule has 0 saturated heterocycles. The first kappa shape index (κ1) is 79.6. The molecule has 0 rings (SSSR count). The number of unbranched alkanes of at least 4 members (excludes halogenated alkanes) is 58. The highest BCUT2D eigenvalue weighted by Gasteiger charge is 2.20. The summed E-state index contributed by atoms with van der Waals surface area (Å²) in [6, 6.07) is -0.540. The SMILES string of the molecule is CCCCCCCCCCCCCCCCCCCCC(=O)OCCCCCCCCCCCCCC/C=C\CCCCCCCCCCCCCCCC(=O)NC(CO)C(O)CCCCCCCCCCCCCCCCCCC. The van der Waals surface area contributed by atoms with E-state index in [9.17, 15) is 19.8 Å². The summed E-state index contributed by atoms with van der Waals surface area (Å²) in [5.74, 6) is -0.00778. The lowest BCUT2D eigenvalue weighted by molar-refractivity contribution is -0.143.